The summed E-state index contributed by atoms with van der Waals surface area (Å²) in [5.74, 6) is -0.728. The van der Waals surface area contributed by atoms with Crippen molar-refractivity contribution in [3.63, 3.8) is 0 Å². The van der Waals surface area contributed by atoms with E-state index in [1.54, 1.807) is 36.5 Å². The van der Waals surface area contributed by atoms with Crippen LogP contribution in [-0.4, -0.2) is 72.6 Å². The summed E-state index contributed by atoms with van der Waals surface area (Å²) >= 11 is 7.10. The predicted octanol–water partition coefficient (Wildman–Crippen LogP) is 1.81. The van der Waals surface area contributed by atoms with Crippen molar-refractivity contribution >= 4 is 62.6 Å². The quantitative estimate of drug-likeness (QED) is 0.393. The topological polar surface area (TPSA) is 141 Å². The molecule has 2 aliphatic heterocycles. The van der Waals surface area contributed by atoms with Crippen molar-refractivity contribution in [1.82, 2.24) is 24.9 Å². The summed E-state index contributed by atoms with van der Waals surface area (Å²) < 4.78 is 28.0. The molecule has 2 fully saturated rings. The number of nitrogens with one attached hydrogen (secondary N) is 3. The van der Waals surface area contributed by atoms with Gasteiger partial charge in [-0.05, 0) is 56.0 Å². The molecule has 198 valence electrons. The molecule has 3 amide bonds. The smallest absolute Gasteiger partial charge is 0.261 e. The van der Waals surface area contributed by atoms with Crippen molar-refractivity contribution in [1.29, 1.82) is 0 Å². The third-order valence-electron chi connectivity index (χ3n) is 6.02. The Morgan fingerprint density at radius 2 is 1.97 bits per heavy atom. The fraction of sp³-hybridized carbons (Fsp3) is 0.391. The van der Waals surface area contributed by atoms with Gasteiger partial charge in [-0.15, -0.1) is 11.3 Å². The SMILES string of the molecule is O=C(NNc1ccccn1)[C@@H]1CCCN1C(=O)CN1CCC[C@H](NS(=O)(=O)/C=C/c2ccc(Cl)s2)C1=O. The molecule has 0 aromatic carbocycles. The van der Waals surface area contributed by atoms with Gasteiger partial charge in [-0.1, -0.05) is 17.7 Å². The minimum atomic E-state index is -3.89. The van der Waals surface area contributed by atoms with Crippen LogP contribution in [0.25, 0.3) is 6.08 Å². The molecule has 37 heavy (non-hydrogen) atoms. The fourth-order valence-electron chi connectivity index (χ4n) is 4.26. The summed E-state index contributed by atoms with van der Waals surface area (Å²) in [6.45, 7) is 0.506. The summed E-state index contributed by atoms with van der Waals surface area (Å²) in [7, 11) is -3.89. The number of aromatic nitrogens is 1. The van der Waals surface area contributed by atoms with Crippen LogP contribution in [0, 0.1) is 0 Å². The summed E-state index contributed by atoms with van der Waals surface area (Å²) in [4.78, 5) is 46.3. The molecule has 0 saturated carbocycles. The molecule has 2 aromatic rings. The first kappa shape index (κ1) is 27.0. The molecule has 2 atom stereocenters. The average Bonchev–Trinajstić information content (AvgIpc) is 3.54. The zero-order chi connectivity index (χ0) is 26.4. The molecule has 0 bridgehead atoms. The molecule has 11 nitrogen and oxygen atoms in total. The number of thiophene rings is 1. The molecule has 0 unspecified atom stereocenters. The maximum absolute atomic E-state index is 13.1. The van der Waals surface area contributed by atoms with Crippen molar-refractivity contribution < 1.29 is 22.8 Å². The summed E-state index contributed by atoms with van der Waals surface area (Å²) in [6, 6.07) is 6.93. The number of amides is 3. The van der Waals surface area contributed by atoms with Crippen molar-refractivity contribution in [3.8, 4) is 0 Å². The van der Waals surface area contributed by atoms with Gasteiger partial charge in [0.05, 0.1) is 10.9 Å². The van der Waals surface area contributed by atoms with E-state index < -0.39 is 28.0 Å². The highest BCUT2D eigenvalue weighted by Gasteiger charge is 2.37. The largest absolute Gasteiger partial charge is 0.332 e. The summed E-state index contributed by atoms with van der Waals surface area (Å²) in [6.07, 6.45) is 5.02. The Morgan fingerprint density at radius 1 is 1.16 bits per heavy atom. The van der Waals surface area contributed by atoms with E-state index >= 15 is 0 Å². The average molecular weight is 567 g/mol. The van der Waals surface area contributed by atoms with E-state index in [9.17, 15) is 22.8 Å². The Morgan fingerprint density at radius 3 is 2.70 bits per heavy atom. The first-order valence-corrected chi connectivity index (χ1v) is 14.5. The van der Waals surface area contributed by atoms with Gasteiger partial charge in [0.15, 0.2) is 0 Å². The van der Waals surface area contributed by atoms with Crippen molar-refractivity contribution in [3.05, 3.63) is 51.2 Å². The van der Waals surface area contributed by atoms with Crippen LogP contribution in [0.5, 0.6) is 0 Å². The summed E-state index contributed by atoms with van der Waals surface area (Å²) in [5, 5.41) is 0.999. The van der Waals surface area contributed by atoms with E-state index in [2.05, 4.69) is 20.6 Å². The van der Waals surface area contributed by atoms with E-state index in [1.807, 2.05) is 0 Å². The Labute approximate surface area is 223 Å². The zero-order valence-corrected chi connectivity index (χ0v) is 22.2. The number of carbonyl (C=O) groups is 3. The number of carbonyl (C=O) groups excluding carboxylic acids is 3. The van der Waals surface area contributed by atoms with Crippen LogP contribution >= 0.6 is 22.9 Å². The number of likely N-dealkylation sites (tertiary alicyclic amines) is 2. The second kappa shape index (κ2) is 12.0. The van der Waals surface area contributed by atoms with Gasteiger partial charge >= 0.3 is 0 Å². The minimum Gasteiger partial charge on any atom is -0.332 e. The van der Waals surface area contributed by atoms with Gasteiger partial charge in [0, 0.05) is 29.6 Å². The lowest BCUT2D eigenvalue weighted by Gasteiger charge is -2.33. The molecule has 2 aromatic heterocycles. The molecule has 0 aliphatic carbocycles. The number of halogens is 1. The zero-order valence-electron chi connectivity index (χ0n) is 19.8. The van der Waals surface area contributed by atoms with Gasteiger partial charge in [-0.2, -0.15) is 4.72 Å². The van der Waals surface area contributed by atoms with Gasteiger partial charge in [-0.3, -0.25) is 25.2 Å². The monoisotopic (exact) mass is 566 g/mol. The molecule has 4 rings (SSSR count). The number of pyridine rings is 1. The Balaban J connectivity index is 1.32. The lowest BCUT2D eigenvalue weighted by Crippen LogP contribution is -2.55. The van der Waals surface area contributed by atoms with Crippen LogP contribution in [0.4, 0.5) is 5.82 Å². The van der Waals surface area contributed by atoms with E-state index in [1.165, 1.54) is 27.2 Å². The van der Waals surface area contributed by atoms with Gasteiger partial charge in [0.1, 0.15) is 17.9 Å². The maximum Gasteiger partial charge on any atom is 0.261 e. The molecule has 0 radical (unpaired) electrons. The number of anilines is 1. The molecule has 4 heterocycles. The van der Waals surface area contributed by atoms with Crippen molar-refractivity contribution in [2.75, 3.05) is 25.1 Å². The van der Waals surface area contributed by atoms with Gasteiger partial charge in [0.2, 0.25) is 21.8 Å². The van der Waals surface area contributed by atoms with E-state index in [-0.39, 0.29) is 18.4 Å². The minimum absolute atomic E-state index is 0.224. The van der Waals surface area contributed by atoms with Gasteiger partial charge < -0.3 is 9.80 Å². The van der Waals surface area contributed by atoms with Crippen molar-refractivity contribution in [2.45, 2.75) is 37.8 Å². The predicted molar refractivity (Wildman–Crippen MR) is 141 cm³/mol. The van der Waals surface area contributed by atoms with Crippen LogP contribution in [0.2, 0.25) is 4.34 Å². The number of sulfonamides is 1. The molecular formula is C23H27ClN6O5S2. The molecule has 2 aliphatic rings. The number of piperidine rings is 1. The third-order valence-corrected chi connectivity index (χ3v) is 8.33. The molecule has 14 heteroatoms. The number of hydrogen-bond donors (Lipinski definition) is 3. The van der Waals surface area contributed by atoms with Crippen LogP contribution in [0.15, 0.2) is 41.9 Å². The van der Waals surface area contributed by atoms with Crippen LogP contribution < -0.4 is 15.6 Å². The maximum atomic E-state index is 13.1. The number of nitrogens with zero attached hydrogens (tertiary/aromatic N) is 3. The second-order valence-corrected chi connectivity index (χ2v) is 12.0. The van der Waals surface area contributed by atoms with Crippen LogP contribution in [0.3, 0.4) is 0 Å². The highest BCUT2D eigenvalue weighted by Crippen LogP contribution is 2.23. The third kappa shape index (κ3) is 7.28. The number of hydrazine groups is 1. The van der Waals surface area contributed by atoms with Crippen LogP contribution in [0.1, 0.15) is 30.6 Å². The normalized spacial score (nSPS) is 20.4. The lowest BCUT2D eigenvalue weighted by molar-refractivity contribution is -0.145. The van der Waals surface area contributed by atoms with Crippen LogP contribution in [-0.2, 0) is 24.4 Å². The first-order chi connectivity index (χ1) is 17.7. The Kier molecular flexibility index (Phi) is 8.79. The molecular weight excluding hydrogens is 540 g/mol. The Hall–Kier alpha value is -3.00. The highest BCUT2D eigenvalue weighted by molar-refractivity contribution is 7.92. The van der Waals surface area contributed by atoms with E-state index in [4.69, 9.17) is 11.6 Å². The fourth-order valence-corrected chi connectivity index (χ4v) is 6.33. The first-order valence-electron chi connectivity index (χ1n) is 11.7. The second-order valence-electron chi connectivity index (χ2n) is 8.64. The van der Waals surface area contributed by atoms with Gasteiger partial charge in [0.25, 0.3) is 5.91 Å². The van der Waals surface area contributed by atoms with Crippen molar-refractivity contribution in [2.24, 2.45) is 0 Å². The standard InChI is InChI=1S/C23H27ClN6O5S2/c24-19-9-8-16(36-19)10-14-37(34,35)28-17-5-3-12-29(23(17)33)15-21(31)30-13-4-6-18(30)22(32)27-26-20-7-1-2-11-25-20/h1-2,7-11,14,17-18,28H,3-6,12-13,15H2,(H,25,26)(H,27,32)/b14-10+/t17-,18-/m0/s1. The van der Waals surface area contributed by atoms with E-state index in [0.717, 1.165) is 5.41 Å². The summed E-state index contributed by atoms with van der Waals surface area (Å²) in [5.41, 5.74) is 5.31. The molecule has 3 N–H and O–H groups in total. The van der Waals surface area contributed by atoms with E-state index in [0.29, 0.717) is 53.8 Å². The molecule has 2 saturated heterocycles. The lowest BCUT2D eigenvalue weighted by atomic mass is 10.1. The number of hydrogen-bond acceptors (Lipinski definition) is 8. The highest BCUT2D eigenvalue weighted by atomic mass is 35.5. The molecule has 0 spiro atoms. The Bertz CT molecular complexity index is 1270. The van der Waals surface area contributed by atoms with Gasteiger partial charge in [-0.25, -0.2) is 13.4 Å². The number of rotatable bonds is 9.